The molecule has 3 rings (SSSR count). The predicted molar refractivity (Wildman–Crippen MR) is 81.7 cm³/mol. The summed E-state index contributed by atoms with van der Waals surface area (Å²) in [5, 5.41) is 1.21. The Balaban J connectivity index is 1.77. The molecular formula is C17H22N2O. The first-order valence-electron chi connectivity index (χ1n) is 7.53. The standard InChI is InChI=1S/C17H22N2O/c1-2-5-16-13-20-11-10-19(16)12-15-9-8-14-6-3-4-7-17(14)18-15/h3-4,6-9,16H,2,5,10-13H2,1H3/t16-/m1/s1. The molecule has 3 nitrogen and oxygen atoms in total. The average molecular weight is 270 g/mol. The molecule has 3 heteroatoms. The zero-order valence-electron chi connectivity index (χ0n) is 12.1. The van der Waals surface area contributed by atoms with E-state index in [9.17, 15) is 0 Å². The molecule has 106 valence electrons. The fraction of sp³-hybridized carbons (Fsp3) is 0.471. The topological polar surface area (TPSA) is 25.4 Å². The SMILES string of the molecule is CCC[C@@H]1COCCN1Cc1ccc2ccccc2n1. The van der Waals surface area contributed by atoms with Crippen molar-refractivity contribution in [3.8, 4) is 0 Å². The van der Waals surface area contributed by atoms with Gasteiger partial charge in [-0.25, -0.2) is 0 Å². The van der Waals surface area contributed by atoms with E-state index >= 15 is 0 Å². The van der Waals surface area contributed by atoms with Gasteiger partial charge in [-0.2, -0.15) is 0 Å². The van der Waals surface area contributed by atoms with E-state index in [1.165, 1.54) is 18.2 Å². The van der Waals surface area contributed by atoms with Crippen molar-refractivity contribution >= 4 is 10.9 Å². The predicted octanol–water partition coefficient (Wildman–Crippen LogP) is 3.24. The van der Waals surface area contributed by atoms with E-state index in [2.05, 4.69) is 42.2 Å². The average Bonchev–Trinajstić information content (AvgIpc) is 2.49. The zero-order valence-corrected chi connectivity index (χ0v) is 12.1. The number of fused-ring (bicyclic) bond motifs is 1. The Bertz CT molecular complexity index is 568. The van der Waals surface area contributed by atoms with E-state index in [1.54, 1.807) is 0 Å². The van der Waals surface area contributed by atoms with Gasteiger partial charge in [-0.05, 0) is 18.6 Å². The Hall–Kier alpha value is -1.45. The molecule has 1 atom stereocenters. The second-order valence-electron chi connectivity index (χ2n) is 5.48. The van der Waals surface area contributed by atoms with E-state index < -0.39 is 0 Å². The lowest BCUT2D eigenvalue weighted by molar-refractivity contribution is -0.0151. The van der Waals surface area contributed by atoms with Gasteiger partial charge in [-0.1, -0.05) is 37.6 Å². The van der Waals surface area contributed by atoms with Crippen LogP contribution in [0.2, 0.25) is 0 Å². The minimum atomic E-state index is 0.544. The smallest absolute Gasteiger partial charge is 0.0705 e. The Morgan fingerprint density at radius 2 is 2.15 bits per heavy atom. The largest absolute Gasteiger partial charge is 0.378 e. The lowest BCUT2D eigenvalue weighted by Crippen LogP contribution is -2.44. The van der Waals surface area contributed by atoms with Gasteiger partial charge in [-0.3, -0.25) is 9.88 Å². The second kappa shape index (κ2) is 6.33. The minimum absolute atomic E-state index is 0.544. The summed E-state index contributed by atoms with van der Waals surface area (Å²) in [6, 6.07) is 13.2. The number of hydrogen-bond donors (Lipinski definition) is 0. The maximum atomic E-state index is 5.61. The van der Waals surface area contributed by atoms with Crippen LogP contribution in [0, 0.1) is 0 Å². The van der Waals surface area contributed by atoms with Crippen LogP contribution in [0.5, 0.6) is 0 Å². The molecule has 2 heterocycles. The Morgan fingerprint density at radius 3 is 3.05 bits per heavy atom. The third kappa shape index (κ3) is 3.00. The maximum absolute atomic E-state index is 5.61. The van der Waals surface area contributed by atoms with Crippen LogP contribution in [-0.4, -0.2) is 35.7 Å². The van der Waals surface area contributed by atoms with Crippen molar-refractivity contribution < 1.29 is 4.74 Å². The molecule has 0 unspecified atom stereocenters. The highest BCUT2D eigenvalue weighted by Gasteiger charge is 2.22. The van der Waals surface area contributed by atoms with Crippen LogP contribution in [0.15, 0.2) is 36.4 Å². The van der Waals surface area contributed by atoms with Gasteiger partial charge < -0.3 is 4.74 Å². The van der Waals surface area contributed by atoms with Crippen molar-refractivity contribution in [3.05, 3.63) is 42.1 Å². The first kappa shape index (κ1) is 13.5. The van der Waals surface area contributed by atoms with Crippen LogP contribution in [0.4, 0.5) is 0 Å². The number of aromatic nitrogens is 1. The van der Waals surface area contributed by atoms with E-state index in [0.29, 0.717) is 6.04 Å². The fourth-order valence-corrected chi connectivity index (χ4v) is 2.90. The summed E-state index contributed by atoms with van der Waals surface area (Å²) >= 11 is 0. The van der Waals surface area contributed by atoms with Crippen LogP contribution in [0.25, 0.3) is 10.9 Å². The normalized spacial score (nSPS) is 20.4. The van der Waals surface area contributed by atoms with Crippen LogP contribution in [-0.2, 0) is 11.3 Å². The van der Waals surface area contributed by atoms with Gasteiger partial charge in [0.05, 0.1) is 24.4 Å². The van der Waals surface area contributed by atoms with Gasteiger partial charge in [0.25, 0.3) is 0 Å². The number of rotatable bonds is 4. The molecule has 1 aliphatic rings. The van der Waals surface area contributed by atoms with Gasteiger partial charge in [-0.15, -0.1) is 0 Å². The van der Waals surface area contributed by atoms with E-state index in [0.717, 1.165) is 37.5 Å². The number of hydrogen-bond acceptors (Lipinski definition) is 3. The van der Waals surface area contributed by atoms with Crippen LogP contribution >= 0.6 is 0 Å². The van der Waals surface area contributed by atoms with Crippen molar-refractivity contribution in [2.24, 2.45) is 0 Å². The molecule has 2 aromatic rings. The maximum Gasteiger partial charge on any atom is 0.0705 e. The third-order valence-corrected chi connectivity index (χ3v) is 3.99. The van der Waals surface area contributed by atoms with Gasteiger partial charge in [0, 0.05) is 24.5 Å². The first-order chi connectivity index (χ1) is 9.86. The summed E-state index contributed by atoms with van der Waals surface area (Å²) in [6.07, 6.45) is 2.41. The molecule has 0 amide bonds. The summed E-state index contributed by atoms with van der Waals surface area (Å²) < 4.78 is 5.61. The molecule has 1 fully saturated rings. The van der Waals surface area contributed by atoms with E-state index in [4.69, 9.17) is 9.72 Å². The molecule has 0 spiro atoms. The highest BCUT2D eigenvalue weighted by Crippen LogP contribution is 2.17. The number of morpholine rings is 1. The lowest BCUT2D eigenvalue weighted by atomic mass is 10.1. The molecule has 1 aromatic carbocycles. The molecule has 0 aliphatic carbocycles. The number of nitrogens with zero attached hydrogens (tertiary/aromatic N) is 2. The number of ether oxygens (including phenoxy) is 1. The van der Waals surface area contributed by atoms with Crippen LogP contribution < -0.4 is 0 Å². The van der Waals surface area contributed by atoms with Crippen LogP contribution in [0.1, 0.15) is 25.5 Å². The summed E-state index contributed by atoms with van der Waals surface area (Å²) in [5.74, 6) is 0. The van der Waals surface area contributed by atoms with Gasteiger partial charge in [0.15, 0.2) is 0 Å². The summed E-state index contributed by atoms with van der Waals surface area (Å²) in [5.41, 5.74) is 2.25. The molecule has 20 heavy (non-hydrogen) atoms. The molecule has 1 aliphatic heterocycles. The number of pyridine rings is 1. The number of para-hydroxylation sites is 1. The van der Waals surface area contributed by atoms with E-state index in [1.807, 2.05) is 6.07 Å². The fourth-order valence-electron chi connectivity index (χ4n) is 2.90. The number of benzene rings is 1. The minimum Gasteiger partial charge on any atom is -0.378 e. The molecule has 0 radical (unpaired) electrons. The van der Waals surface area contributed by atoms with Crippen molar-refractivity contribution in [2.45, 2.75) is 32.4 Å². The summed E-state index contributed by atoms with van der Waals surface area (Å²) in [6.45, 7) is 5.88. The summed E-state index contributed by atoms with van der Waals surface area (Å²) in [7, 11) is 0. The second-order valence-corrected chi connectivity index (χ2v) is 5.48. The Morgan fingerprint density at radius 1 is 1.25 bits per heavy atom. The lowest BCUT2D eigenvalue weighted by Gasteiger charge is -2.35. The molecular weight excluding hydrogens is 248 g/mol. The van der Waals surface area contributed by atoms with Crippen molar-refractivity contribution in [2.75, 3.05) is 19.8 Å². The van der Waals surface area contributed by atoms with Gasteiger partial charge in [0.1, 0.15) is 0 Å². The zero-order chi connectivity index (χ0) is 13.8. The summed E-state index contributed by atoms with van der Waals surface area (Å²) in [4.78, 5) is 7.30. The van der Waals surface area contributed by atoms with Crippen LogP contribution in [0.3, 0.4) is 0 Å². The highest BCUT2D eigenvalue weighted by molar-refractivity contribution is 5.78. The first-order valence-corrected chi connectivity index (χ1v) is 7.53. The molecule has 0 bridgehead atoms. The highest BCUT2D eigenvalue weighted by atomic mass is 16.5. The quantitative estimate of drug-likeness (QED) is 0.853. The monoisotopic (exact) mass is 270 g/mol. The molecule has 0 saturated carbocycles. The van der Waals surface area contributed by atoms with Gasteiger partial charge >= 0.3 is 0 Å². The molecule has 1 saturated heterocycles. The molecule has 0 N–H and O–H groups in total. The Labute approximate surface area is 120 Å². The Kier molecular flexibility index (Phi) is 4.28. The van der Waals surface area contributed by atoms with Gasteiger partial charge in [0.2, 0.25) is 0 Å². The van der Waals surface area contributed by atoms with Crippen molar-refractivity contribution in [3.63, 3.8) is 0 Å². The van der Waals surface area contributed by atoms with E-state index in [-0.39, 0.29) is 0 Å². The third-order valence-electron chi connectivity index (χ3n) is 3.99. The van der Waals surface area contributed by atoms with Crippen molar-refractivity contribution in [1.82, 2.24) is 9.88 Å². The molecule has 1 aromatic heterocycles. The van der Waals surface area contributed by atoms with Crippen molar-refractivity contribution in [1.29, 1.82) is 0 Å².